The summed E-state index contributed by atoms with van der Waals surface area (Å²) >= 11 is 0. The van der Waals surface area contributed by atoms with Gasteiger partial charge in [0.2, 0.25) is 5.91 Å². The van der Waals surface area contributed by atoms with E-state index in [4.69, 9.17) is 4.98 Å². The van der Waals surface area contributed by atoms with Crippen LogP contribution in [-0.2, 0) is 22.7 Å². The van der Waals surface area contributed by atoms with E-state index >= 15 is 0 Å². The number of anilines is 1. The number of aromatic nitrogens is 3. The van der Waals surface area contributed by atoms with Crippen molar-refractivity contribution in [1.29, 1.82) is 0 Å². The Bertz CT molecular complexity index is 1260. The molecular weight excluding hydrogens is 396 g/mol. The van der Waals surface area contributed by atoms with Crippen LogP contribution in [0.3, 0.4) is 0 Å². The number of hydrogen-bond donors (Lipinski definition) is 1. The molecule has 2 heterocycles. The number of nitrogens with one attached hydrogen (secondary N) is 1. The van der Waals surface area contributed by atoms with Crippen LogP contribution in [0.25, 0.3) is 22.2 Å². The maximum Gasteiger partial charge on any atom is 0.234 e. The van der Waals surface area contributed by atoms with Gasteiger partial charge in [-0.15, -0.1) is 0 Å². The van der Waals surface area contributed by atoms with E-state index in [0.717, 1.165) is 39.1 Å². The Morgan fingerprint density at radius 3 is 2.22 bits per heavy atom. The molecule has 0 saturated heterocycles. The number of nitrogens with zero attached hydrogens (tertiary/aromatic N) is 3. The van der Waals surface area contributed by atoms with Crippen LogP contribution >= 0.6 is 0 Å². The number of hydrogen-bond acceptors (Lipinski definition) is 3. The molecule has 0 aliphatic rings. The molecule has 2 aromatic heterocycles. The summed E-state index contributed by atoms with van der Waals surface area (Å²) in [7, 11) is 1.92. The summed E-state index contributed by atoms with van der Waals surface area (Å²) in [5, 5.41) is 8.50. The van der Waals surface area contributed by atoms with Gasteiger partial charge >= 0.3 is 0 Å². The minimum absolute atomic E-state index is 0.0370. The molecule has 0 saturated carbocycles. The lowest BCUT2D eigenvalue weighted by atomic mass is 9.83. The molecule has 5 nitrogen and oxygen atoms in total. The summed E-state index contributed by atoms with van der Waals surface area (Å²) in [6.07, 6.45) is 1.86. The fourth-order valence-electron chi connectivity index (χ4n) is 3.74. The van der Waals surface area contributed by atoms with E-state index in [1.807, 2.05) is 86.4 Å². The molecule has 0 bridgehead atoms. The molecule has 0 unspecified atom stereocenters. The molecule has 32 heavy (non-hydrogen) atoms. The molecule has 164 valence electrons. The number of rotatable bonds is 4. The van der Waals surface area contributed by atoms with Gasteiger partial charge in [-0.1, -0.05) is 63.2 Å². The van der Waals surface area contributed by atoms with E-state index in [0.29, 0.717) is 0 Å². The van der Waals surface area contributed by atoms with Gasteiger partial charge in [0.1, 0.15) is 0 Å². The summed E-state index contributed by atoms with van der Waals surface area (Å²) in [4.78, 5) is 17.8. The molecule has 5 heteroatoms. The number of carbonyl (C=O) groups excluding carboxylic acids is 1. The van der Waals surface area contributed by atoms with Crippen LogP contribution in [0.1, 0.15) is 45.9 Å². The van der Waals surface area contributed by atoms with Crippen LogP contribution in [-0.4, -0.2) is 20.7 Å². The predicted octanol–water partition coefficient (Wildman–Crippen LogP) is 5.85. The van der Waals surface area contributed by atoms with Crippen molar-refractivity contribution in [1.82, 2.24) is 14.8 Å². The number of fused-ring (bicyclic) bond motifs is 1. The summed E-state index contributed by atoms with van der Waals surface area (Å²) < 4.78 is 1.81. The van der Waals surface area contributed by atoms with Gasteiger partial charge in [-0.2, -0.15) is 5.10 Å². The summed E-state index contributed by atoms with van der Waals surface area (Å²) in [6, 6.07) is 20.0. The van der Waals surface area contributed by atoms with Crippen molar-refractivity contribution in [2.75, 3.05) is 5.32 Å². The van der Waals surface area contributed by atoms with Crippen LogP contribution < -0.4 is 5.32 Å². The first-order valence-electron chi connectivity index (χ1n) is 10.9. The fourth-order valence-corrected chi connectivity index (χ4v) is 3.74. The highest BCUT2D eigenvalue weighted by Crippen LogP contribution is 2.33. The van der Waals surface area contributed by atoms with Crippen LogP contribution in [0.4, 0.5) is 5.69 Å². The third kappa shape index (κ3) is 4.03. The lowest BCUT2D eigenvalue weighted by Gasteiger charge is -2.24. The van der Waals surface area contributed by atoms with Crippen molar-refractivity contribution in [2.24, 2.45) is 7.05 Å². The van der Waals surface area contributed by atoms with Gasteiger partial charge in [-0.05, 0) is 48.7 Å². The average Bonchev–Trinajstić information content (AvgIpc) is 3.14. The molecular formula is C27H30N4O. The molecule has 0 spiro atoms. The lowest BCUT2D eigenvalue weighted by Crippen LogP contribution is -2.34. The standard InChI is InChI=1S/C27H30N4O/c1-26(2,3)23-16-21(22-17-28-31(6)24(22)30-23)18-12-14-20(15-13-18)29-25(32)27(4,5)19-10-8-7-9-11-19/h7-17H,1-6H3,(H,29,32). The van der Waals surface area contributed by atoms with Crippen molar-refractivity contribution in [3.63, 3.8) is 0 Å². The highest BCUT2D eigenvalue weighted by atomic mass is 16.2. The minimum Gasteiger partial charge on any atom is -0.325 e. The van der Waals surface area contributed by atoms with Gasteiger partial charge in [-0.3, -0.25) is 9.48 Å². The zero-order valence-corrected chi connectivity index (χ0v) is 19.6. The van der Waals surface area contributed by atoms with Crippen LogP contribution in [0.2, 0.25) is 0 Å². The highest BCUT2D eigenvalue weighted by Gasteiger charge is 2.29. The van der Waals surface area contributed by atoms with Gasteiger partial charge < -0.3 is 5.32 Å². The van der Waals surface area contributed by atoms with Crippen molar-refractivity contribution in [3.05, 3.63) is 78.1 Å². The zero-order valence-electron chi connectivity index (χ0n) is 19.6. The van der Waals surface area contributed by atoms with E-state index in [1.165, 1.54) is 0 Å². The van der Waals surface area contributed by atoms with Gasteiger partial charge in [-0.25, -0.2) is 4.98 Å². The second-order valence-corrected chi connectivity index (χ2v) is 9.83. The SMILES string of the molecule is Cn1ncc2c(-c3ccc(NC(=O)C(C)(C)c4ccccc4)cc3)cc(C(C)(C)C)nc21. The quantitative estimate of drug-likeness (QED) is 0.445. The minimum atomic E-state index is -0.630. The molecule has 2 aromatic carbocycles. The van der Waals surface area contributed by atoms with Gasteiger partial charge in [0.15, 0.2) is 5.65 Å². The van der Waals surface area contributed by atoms with E-state index in [-0.39, 0.29) is 11.3 Å². The topological polar surface area (TPSA) is 59.8 Å². The van der Waals surface area contributed by atoms with Crippen LogP contribution in [0, 0.1) is 0 Å². The Kier molecular flexibility index (Phi) is 5.37. The molecule has 4 rings (SSSR count). The summed E-state index contributed by atoms with van der Waals surface area (Å²) in [5.74, 6) is -0.0370. The van der Waals surface area contributed by atoms with E-state index < -0.39 is 5.41 Å². The van der Waals surface area contributed by atoms with Gasteiger partial charge in [0.25, 0.3) is 0 Å². The summed E-state index contributed by atoms with van der Waals surface area (Å²) in [5.41, 5.74) is 5.10. The third-order valence-electron chi connectivity index (χ3n) is 5.99. The van der Waals surface area contributed by atoms with Crippen LogP contribution in [0.15, 0.2) is 66.9 Å². The Balaban J connectivity index is 1.65. The number of aryl methyl sites for hydroxylation is 1. The maximum absolute atomic E-state index is 13.0. The van der Waals surface area contributed by atoms with E-state index in [9.17, 15) is 4.79 Å². The molecule has 4 aromatic rings. The van der Waals surface area contributed by atoms with E-state index in [2.05, 4.69) is 37.3 Å². The summed E-state index contributed by atoms with van der Waals surface area (Å²) in [6.45, 7) is 10.4. The lowest BCUT2D eigenvalue weighted by molar-refractivity contribution is -0.120. The molecule has 1 N–H and O–H groups in total. The molecule has 1 amide bonds. The molecule has 0 fully saturated rings. The Labute approximate surface area is 189 Å². The molecule has 0 aliphatic carbocycles. The number of benzene rings is 2. The zero-order chi connectivity index (χ0) is 23.1. The smallest absolute Gasteiger partial charge is 0.234 e. The Hall–Kier alpha value is -3.47. The van der Waals surface area contributed by atoms with Gasteiger partial charge in [0.05, 0.1) is 11.6 Å². The average molecular weight is 427 g/mol. The maximum atomic E-state index is 13.0. The fraction of sp³-hybridized carbons (Fsp3) is 0.296. The first-order valence-corrected chi connectivity index (χ1v) is 10.9. The predicted molar refractivity (Wildman–Crippen MR) is 131 cm³/mol. The van der Waals surface area contributed by atoms with Crippen molar-refractivity contribution in [2.45, 2.75) is 45.4 Å². The monoisotopic (exact) mass is 426 g/mol. The number of carbonyl (C=O) groups is 1. The van der Waals surface area contributed by atoms with E-state index in [1.54, 1.807) is 0 Å². The third-order valence-corrected chi connectivity index (χ3v) is 5.99. The molecule has 0 radical (unpaired) electrons. The second-order valence-electron chi connectivity index (χ2n) is 9.83. The van der Waals surface area contributed by atoms with Gasteiger partial charge in [0, 0.05) is 29.2 Å². The number of amides is 1. The normalized spacial score (nSPS) is 12.2. The Morgan fingerprint density at radius 1 is 0.938 bits per heavy atom. The Morgan fingerprint density at radius 2 is 1.59 bits per heavy atom. The second kappa shape index (κ2) is 7.90. The largest absolute Gasteiger partial charge is 0.325 e. The first kappa shape index (κ1) is 21.8. The molecule has 0 atom stereocenters. The van der Waals surface area contributed by atoms with Crippen molar-refractivity contribution < 1.29 is 4.79 Å². The first-order chi connectivity index (χ1) is 15.1. The molecule has 0 aliphatic heterocycles. The van der Waals surface area contributed by atoms with Crippen molar-refractivity contribution >= 4 is 22.6 Å². The van der Waals surface area contributed by atoms with Crippen molar-refractivity contribution in [3.8, 4) is 11.1 Å². The highest BCUT2D eigenvalue weighted by molar-refractivity contribution is 5.99. The van der Waals surface area contributed by atoms with Crippen LogP contribution in [0.5, 0.6) is 0 Å². The number of pyridine rings is 1.